The molecule has 0 saturated carbocycles. The van der Waals surface area contributed by atoms with Gasteiger partial charge in [0, 0.05) is 25.9 Å². The average Bonchev–Trinajstić information content (AvgIpc) is 2.18. The summed E-state index contributed by atoms with van der Waals surface area (Å²) in [6.45, 7) is 4.23. The summed E-state index contributed by atoms with van der Waals surface area (Å²) in [6.07, 6.45) is 3.96. The fraction of sp³-hybridized carbons (Fsp3) is 0.800. The van der Waals surface area contributed by atoms with E-state index in [0.29, 0.717) is 12.1 Å². The van der Waals surface area contributed by atoms with Crippen molar-refractivity contribution in [2.45, 2.75) is 45.6 Å². The van der Waals surface area contributed by atoms with Crippen molar-refractivity contribution in [1.29, 1.82) is 0 Å². The normalized spacial score (nSPS) is 23.7. The Morgan fingerprint density at radius 1 is 1.50 bits per heavy atom. The third-order valence-electron chi connectivity index (χ3n) is 2.73. The molecule has 1 amide bonds. The van der Waals surface area contributed by atoms with Crippen LogP contribution in [-0.2, 0) is 4.79 Å². The van der Waals surface area contributed by atoms with Crippen molar-refractivity contribution in [3.05, 3.63) is 0 Å². The van der Waals surface area contributed by atoms with Gasteiger partial charge in [0.25, 0.3) is 0 Å². The maximum atomic E-state index is 11.3. The fourth-order valence-corrected chi connectivity index (χ4v) is 2.01. The lowest BCUT2D eigenvalue weighted by Crippen LogP contribution is -2.43. The van der Waals surface area contributed by atoms with E-state index in [9.17, 15) is 4.79 Å². The monoisotopic (exact) mass is 198 g/mol. The molecule has 4 nitrogen and oxygen atoms in total. The van der Waals surface area contributed by atoms with Crippen molar-refractivity contribution in [3.63, 3.8) is 0 Å². The number of hydrogen-bond donors (Lipinski definition) is 1. The lowest BCUT2D eigenvalue weighted by atomic mass is 9.97. The van der Waals surface area contributed by atoms with Gasteiger partial charge in [0.1, 0.15) is 0 Å². The highest BCUT2D eigenvalue weighted by atomic mass is 16.4. The molecular formula is C10H18N2O2. The highest BCUT2D eigenvalue weighted by Gasteiger charge is 2.24. The van der Waals surface area contributed by atoms with E-state index in [1.54, 1.807) is 13.8 Å². The van der Waals surface area contributed by atoms with Crippen molar-refractivity contribution < 1.29 is 10.0 Å². The first-order valence-electron chi connectivity index (χ1n) is 5.10. The maximum Gasteiger partial charge on any atom is 0.219 e. The molecule has 1 heterocycles. The molecule has 1 aliphatic heterocycles. The largest absolute Gasteiger partial charge is 0.411 e. The lowest BCUT2D eigenvalue weighted by Gasteiger charge is -2.34. The minimum atomic E-state index is 0.125. The van der Waals surface area contributed by atoms with Crippen molar-refractivity contribution in [2.75, 3.05) is 6.54 Å². The van der Waals surface area contributed by atoms with E-state index in [0.717, 1.165) is 25.8 Å². The minimum Gasteiger partial charge on any atom is -0.411 e. The first kappa shape index (κ1) is 11.0. The second-order valence-corrected chi connectivity index (χ2v) is 3.90. The summed E-state index contributed by atoms with van der Waals surface area (Å²) in [5.74, 6) is 0.125. The quantitative estimate of drug-likeness (QED) is 0.416. The maximum absolute atomic E-state index is 11.3. The average molecular weight is 198 g/mol. The van der Waals surface area contributed by atoms with Gasteiger partial charge in [-0.3, -0.25) is 4.79 Å². The van der Waals surface area contributed by atoms with Crippen molar-refractivity contribution in [2.24, 2.45) is 5.16 Å². The molecule has 0 aliphatic carbocycles. The Morgan fingerprint density at radius 3 is 2.79 bits per heavy atom. The van der Waals surface area contributed by atoms with Gasteiger partial charge in [-0.25, -0.2) is 0 Å². The van der Waals surface area contributed by atoms with Crippen LogP contribution in [0.15, 0.2) is 5.16 Å². The minimum absolute atomic E-state index is 0.125. The van der Waals surface area contributed by atoms with Gasteiger partial charge in [0.15, 0.2) is 0 Å². The number of piperidine rings is 1. The first-order chi connectivity index (χ1) is 6.65. The van der Waals surface area contributed by atoms with Crippen LogP contribution >= 0.6 is 0 Å². The molecule has 1 atom stereocenters. The molecular weight excluding hydrogens is 180 g/mol. The third-order valence-corrected chi connectivity index (χ3v) is 2.73. The number of oxime groups is 1. The molecule has 1 fully saturated rings. The Balaban J connectivity index is 2.58. The fourth-order valence-electron chi connectivity index (χ4n) is 2.01. The summed E-state index contributed by atoms with van der Waals surface area (Å²) >= 11 is 0. The molecule has 0 radical (unpaired) electrons. The van der Waals surface area contributed by atoms with Crippen LogP contribution in [0.4, 0.5) is 0 Å². The van der Waals surface area contributed by atoms with Crippen molar-refractivity contribution in [1.82, 2.24) is 4.90 Å². The second-order valence-electron chi connectivity index (χ2n) is 3.90. The van der Waals surface area contributed by atoms with Gasteiger partial charge in [0.2, 0.25) is 5.91 Å². The molecule has 1 N–H and O–H groups in total. The Bertz CT molecular complexity index is 238. The second kappa shape index (κ2) is 4.98. The molecule has 0 bridgehead atoms. The lowest BCUT2D eigenvalue weighted by molar-refractivity contribution is -0.132. The Labute approximate surface area is 84.6 Å². The molecule has 0 aromatic carbocycles. The van der Waals surface area contributed by atoms with E-state index in [4.69, 9.17) is 5.21 Å². The Morgan fingerprint density at radius 2 is 2.21 bits per heavy atom. The van der Waals surface area contributed by atoms with E-state index in [2.05, 4.69) is 5.16 Å². The standard InChI is InChI=1S/C10H18N2O2/c1-8(11-14)7-10-5-3-4-6-12(10)9(2)13/h10,14H,3-7H2,1-2H3. The summed E-state index contributed by atoms with van der Waals surface area (Å²) < 4.78 is 0. The first-order valence-corrected chi connectivity index (χ1v) is 5.10. The van der Waals surface area contributed by atoms with Crippen LogP contribution in [0.5, 0.6) is 0 Å². The zero-order valence-electron chi connectivity index (χ0n) is 8.86. The number of carbonyl (C=O) groups excluding carboxylic acids is 1. The van der Waals surface area contributed by atoms with Crippen LogP contribution in [0.2, 0.25) is 0 Å². The summed E-state index contributed by atoms with van der Waals surface area (Å²) in [5.41, 5.74) is 0.697. The van der Waals surface area contributed by atoms with Crippen LogP contribution in [0.3, 0.4) is 0 Å². The van der Waals surface area contributed by atoms with E-state index in [1.807, 2.05) is 4.90 Å². The van der Waals surface area contributed by atoms with Gasteiger partial charge in [-0.2, -0.15) is 0 Å². The van der Waals surface area contributed by atoms with Crippen LogP contribution in [0.1, 0.15) is 39.5 Å². The third kappa shape index (κ3) is 2.72. The molecule has 1 unspecified atom stereocenters. The Hall–Kier alpha value is -1.06. The SMILES string of the molecule is CC(=O)N1CCCCC1CC(C)=NO. The molecule has 1 saturated heterocycles. The van der Waals surface area contributed by atoms with Crippen LogP contribution < -0.4 is 0 Å². The van der Waals surface area contributed by atoms with Gasteiger partial charge in [0.05, 0.1) is 5.71 Å². The zero-order valence-corrected chi connectivity index (χ0v) is 8.86. The molecule has 0 spiro atoms. The molecule has 0 aromatic heterocycles. The zero-order chi connectivity index (χ0) is 10.6. The van der Waals surface area contributed by atoms with Crippen LogP contribution in [-0.4, -0.2) is 34.3 Å². The molecule has 1 aliphatic rings. The van der Waals surface area contributed by atoms with Crippen LogP contribution in [0, 0.1) is 0 Å². The van der Waals surface area contributed by atoms with Gasteiger partial charge >= 0.3 is 0 Å². The number of nitrogens with zero attached hydrogens (tertiary/aromatic N) is 2. The highest BCUT2D eigenvalue weighted by molar-refractivity contribution is 5.82. The molecule has 0 aromatic rings. The predicted octanol–water partition coefficient (Wildman–Crippen LogP) is 1.63. The molecule has 14 heavy (non-hydrogen) atoms. The number of amides is 1. The van der Waals surface area contributed by atoms with E-state index >= 15 is 0 Å². The smallest absolute Gasteiger partial charge is 0.219 e. The predicted molar refractivity (Wildman–Crippen MR) is 54.5 cm³/mol. The van der Waals surface area contributed by atoms with E-state index in [1.165, 1.54) is 0 Å². The molecule has 4 heteroatoms. The topological polar surface area (TPSA) is 52.9 Å². The van der Waals surface area contributed by atoms with E-state index in [-0.39, 0.29) is 11.9 Å². The molecule has 80 valence electrons. The summed E-state index contributed by atoms with van der Waals surface area (Å²) in [6, 6.07) is 0.233. The highest BCUT2D eigenvalue weighted by Crippen LogP contribution is 2.20. The van der Waals surface area contributed by atoms with Gasteiger partial charge in [-0.05, 0) is 26.2 Å². The number of hydrogen-bond acceptors (Lipinski definition) is 3. The summed E-state index contributed by atoms with van der Waals surface area (Å²) in [5, 5.41) is 11.7. The summed E-state index contributed by atoms with van der Waals surface area (Å²) in [7, 11) is 0. The summed E-state index contributed by atoms with van der Waals surface area (Å²) in [4.78, 5) is 13.2. The van der Waals surface area contributed by atoms with Crippen molar-refractivity contribution in [3.8, 4) is 0 Å². The number of carbonyl (C=O) groups is 1. The van der Waals surface area contributed by atoms with Crippen molar-refractivity contribution >= 4 is 11.6 Å². The van der Waals surface area contributed by atoms with Gasteiger partial charge in [-0.1, -0.05) is 5.16 Å². The van der Waals surface area contributed by atoms with Gasteiger partial charge < -0.3 is 10.1 Å². The van der Waals surface area contributed by atoms with Gasteiger partial charge in [-0.15, -0.1) is 0 Å². The Kier molecular flexibility index (Phi) is 3.92. The number of likely N-dealkylation sites (tertiary alicyclic amines) is 1. The van der Waals surface area contributed by atoms with E-state index < -0.39 is 0 Å². The molecule has 1 rings (SSSR count). The van der Waals surface area contributed by atoms with Crippen LogP contribution in [0.25, 0.3) is 0 Å². The number of rotatable bonds is 2.